The van der Waals surface area contributed by atoms with Crippen LogP contribution in [0.4, 0.5) is 8.78 Å². The van der Waals surface area contributed by atoms with Crippen molar-refractivity contribution in [3.63, 3.8) is 0 Å². The summed E-state index contributed by atoms with van der Waals surface area (Å²) in [7, 11) is 0. The number of hydrogen-bond acceptors (Lipinski definition) is 3. The molecule has 28 heavy (non-hydrogen) atoms. The van der Waals surface area contributed by atoms with Crippen molar-refractivity contribution in [2.75, 3.05) is 19.6 Å². The van der Waals surface area contributed by atoms with E-state index in [1.165, 1.54) is 12.1 Å². The van der Waals surface area contributed by atoms with Gasteiger partial charge in [-0.15, -0.1) is 0 Å². The van der Waals surface area contributed by atoms with Crippen LogP contribution in [0.1, 0.15) is 40.5 Å². The van der Waals surface area contributed by atoms with Crippen molar-refractivity contribution < 1.29 is 13.6 Å². The second kappa shape index (κ2) is 5.65. The van der Waals surface area contributed by atoms with Gasteiger partial charge in [0, 0.05) is 43.2 Å². The number of amides is 1. The Hall–Kier alpha value is -2.70. The minimum atomic E-state index is -0.654. The third-order valence-corrected chi connectivity index (χ3v) is 6.62. The van der Waals surface area contributed by atoms with Crippen molar-refractivity contribution in [1.29, 1.82) is 0 Å². The van der Waals surface area contributed by atoms with Gasteiger partial charge in [0.15, 0.2) is 11.5 Å². The third kappa shape index (κ3) is 2.28. The van der Waals surface area contributed by atoms with Gasteiger partial charge >= 0.3 is 0 Å². The van der Waals surface area contributed by atoms with Crippen molar-refractivity contribution in [1.82, 2.24) is 19.6 Å². The van der Waals surface area contributed by atoms with Crippen LogP contribution in [0, 0.1) is 17.6 Å². The summed E-state index contributed by atoms with van der Waals surface area (Å²) in [6.45, 7) is 2.18. The summed E-state index contributed by atoms with van der Waals surface area (Å²) in [5.74, 6) is -0.465. The molecule has 2 aliphatic heterocycles. The van der Waals surface area contributed by atoms with Gasteiger partial charge in [-0.05, 0) is 43.5 Å². The molecule has 2 aromatic rings. The first-order valence-corrected chi connectivity index (χ1v) is 9.89. The average Bonchev–Trinajstić information content (AvgIpc) is 3.04. The number of halogens is 2. The number of nitrogens with zero attached hydrogens (tertiary/aromatic N) is 4. The monoisotopic (exact) mass is 382 g/mol. The smallest absolute Gasteiger partial charge is 0.274 e. The normalized spacial score (nSPS) is 27.0. The maximum Gasteiger partial charge on any atom is 0.274 e. The van der Waals surface area contributed by atoms with Gasteiger partial charge < -0.3 is 9.80 Å². The van der Waals surface area contributed by atoms with Gasteiger partial charge in [-0.1, -0.05) is 6.08 Å². The van der Waals surface area contributed by atoms with Crippen LogP contribution in [0.3, 0.4) is 0 Å². The van der Waals surface area contributed by atoms with E-state index in [1.807, 2.05) is 4.90 Å². The summed E-state index contributed by atoms with van der Waals surface area (Å²) in [6.07, 6.45) is 7.11. The highest BCUT2D eigenvalue weighted by Gasteiger charge is 2.50. The molecule has 1 aromatic heterocycles. The van der Waals surface area contributed by atoms with Gasteiger partial charge in [-0.2, -0.15) is 5.10 Å². The first kappa shape index (κ1) is 16.3. The van der Waals surface area contributed by atoms with Crippen molar-refractivity contribution in [3.8, 4) is 5.69 Å². The number of aromatic nitrogens is 2. The topological polar surface area (TPSA) is 41.4 Å². The Kier molecular flexibility index (Phi) is 3.29. The van der Waals surface area contributed by atoms with Crippen LogP contribution < -0.4 is 0 Å². The van der Waals surface area contributed by atoms with E-state index in [4.69, 9.17) is 0 Å². The predicted molar refractivity (Wildman–Crippen MR) is 98.2 cm³/mol. The highest BCUT2D eigenvalue weighted by molar-refractivity contribution is 5.94. The van der Waals surface area contributed by atoms with E-state index in [9.17, 15) is 13.6 Å². The molecule has 3 atom stereocenters. The van der Waals surface area contributed by atoms with Gasteiger partial charge in [-0.25, -0.2) is 13.5 Å². The number of carbonyl (C=O) groups is 1. The van der Waals surface area contributed by atoms with Crippen molar-refractivity contribution in [2.45, 2.75) is 31.2 Å². The Bertz CT molecular complexity index is 1030. The highest BCUT2D eigenvalue weighted by Crippen LogP contribution is 2.57. The summed E-state index contributed by atoms with van der Waals surface area (Å²) < 4.78 is 29.4. The Balaban J connectivity index is 1.38. The molecule has 1 saturated heterocycles. The summed E-state index contributed by atoms with van der Waals surface area (Å²) in [5, 5.41) is 4.56. The maximum absolute atomic E-state index is 14.4. The zero-order chi connectivity index (χ0) is 19.0. The molecular formula is C21H20F2N4O. The maximum atomic E-state index is 14.4. The van der Waals surface area contributed by atoms with E-state index >= 15 is 0 Å². The SMILES string of the molecule is O=C(c1nn(-c2ccc(F)cc2F)c2c1C[C@H]1C[C@@H]21)N1CCN2C=CC[C@H]2C1. The molecule has 1 aromatic carbocycles. The summed E-state index contributed by atoms with van der Waals surface area (Å²) in [5.41, 5.74) is 2.57. The number of piperazine rings is 1. The van der Waals surface area contributed by atoms with E-state index in [1.54, 1.807) is 4.68 Å². The number of carbonyl (C=O) groups excluding carboxylic acids is 1. The lowest BCUT2D eigenvalue weighted by molar-refractivity contribution is 0.0600. The molecular weight excluding hydrogens is 362 g/mol. The van der Waals surface area contributed by atoms with Crippen LogP contribution in [0.25, 0.3) is 5.69 Å². The molecule has 0 unspecified atom stereocenters. The molecule has 0 bridgehead atoms. The Morgan fingerprint density at radius 2 is 2.11 bits per heavy atom. The molecule has 1 saturated carbocycles. The Morgan fingerprint density at radius 3 is 2.96 bits per heavy atom. The standard InChI is InChI=1S/C21H20F2N4O/c22-13-3-4-18(17(23)10-13)27-20-15-8-12(15)9-16(20)19(24-27)21(28)26-7-6-25-5-1-2-14(25)11-26/h1,3-5,10,12,14-15H,2,6-9,11H2/t12-,14+,15-/m1/s1. The quantitative estimate of drug-likeness (QED) is 0.802. The lowest BCUT2D eigenvalue weighted by atomic mass is 10.1. The molecule has 6 rings (SSSR count). The van der Waals surface area contributed by atoms with E-state index in [2.05, 4.69) is 22.3 Å². The molecule has 144 valence electrons. The molecule has 7 heteroatoms. The van der Waals surface area contributed by atoms with E-state index < -0.39 is 11.6 Å². The highest BCUT2D eigenvalue weighted by atomic mass is 19.1. The average molecular weight is 382 g/mol. The summed E-state index contributed by atoms with van der Waals surface area (Å²) >= 11 is 0. The fraction of sp³-hybridized carbons (Fsp3) is 0.429. The molecule has 2 fully saturated rings. The lowest BCUT2D eigenvalue weighted by Gasteiger charge is -2.38. The zero-order valence-corrected chi connectivity index (χ0v) is 15.3. The molecule has 2 aliphatic carbocycles. The van der Waals surface area contributed by atoms with Crippen LogP contribution in [0.15, 0.2) is 30.5 Å². The van der Waals surface area contributed by atoms with Gasteiger partial charge in [0.2, 0.25) is 0 Å². The van der Waals surface area contributed by atoms with Crippen LogP contribution in [-0.2, 0) is 6.42 Å². The molecule has 0 N–H and O–H groups in total. The van der Waals surface area contributed by atoms with Crippen LogP contribution >= 0.6 is 0 Å². The fourth-order valence-electron chi connectivity index (χ4n) is 5.09. The summed E-state index contributed by atoms with van der Waals surface area (Å²) in [6, 6.07) is 3.86. The van der Waals surface area contributed by atoms with Gasteiger partial charge in [0.25, 0.3) is 5.91 Å². The van der Waals surface area contributed by atoms with Crippen molar-refractivity contribution in [2.24, 2.45) is 5.92 Å². The minimum Gasteiger partial charge on any atom is -0.371 e. The number of benzene rings is 1. The van der Waals surface area contributed by atoms with E-state index in [0.29, 0.717) is 36.7 Å². The van der Waals surface area contributed by atoms with Gasteiger partial charge in [-0.3, -0.25) is 4.79 Å². The van der Waals surface area contributed by atoms with Crippen LogP contribution in [-0.4, -0.2) is 51.2 Å². The minimum absolute atomic E-state index is 0.0645. The van der Waals surface area contributed by atoms with Crippen molar-refractivity contribution in [3.05, 3.63) is 59.1 Å². The van der Waals surface area contributed by atoms with E-state index in [0.717, 1.165) is 43.1 Å². The molecule has 0 spiro atoms. The predicted octanol–water partition coefficient (Wildman–Crippen LogP) is 2.85. The van der Waals surface area contributed by atoms with Gasteiger partial charge in [0.05, 0.1) is 5.69 Å². The first-order chi connectivity index (χ1) is 13.6. The van der Waals surface area contributed by atoms with E-state index in [-0.39, 0.29) is 11.6 Å². The number of fused-ring (bicyclic) bond motifs is 4. The van der Waals surface area contributed by atoms with Crippen LogP contribution in [0.5, 0.6) is 0 Å². The first-order valence-electron chi connectivity index (χ1n) is 9.89. The molecule has 0 radical (unpaired) electrons. The second-order valence-electron chi connectivity index (χ2n) is 8.29. The number of hydrogen-bond donors (Lipinski definition) is 0. The largest absolute Gasteiger partial charge is 0.371 e. The Labute approximate surface area is 161 Å². The lowest BCUT2D eigenvalue weighted by Crippen LogP contribution is -2.51. The molecule has 3 heterocycles. The van der Waals surface area contributed by atoms with Gasteiger partial charge in [0.1, 0.15) is 11.5 Å². The van der Waals surface area contributed by atoms with Crippen LogP contribution in [0.2, 0.25) is 0 Å². The summed E-state index contributed by atoms with van der Waals surface area (Å²) in [4.78, 5) is 17.5. The second-order valence-corrected chi connectivity index (χ2v) is 8.29. The zero-order valence-electron chi connectivity index (χ0n) is 15.3. The molecule has 5 nitrogen and oxygen atoms in total. The fourth-order valence-corrected chi connectivity index (χ4v) is 5.09. The number of rotatable bonds is 2. The third-order valence-electron chi connectivity index (χ3n) is 6.62. The van der Waals surface area contributed by atoms with Crippen molar-refractivity contribution >= 4 is 5.91 Å². The molecule has 4 aliphatic rings. The Morgan fingerprint density at radius 1 is 1.21 bits per heavy atom. The molecule has 1 amide bonds.